The Morgan fingerprint density at radius 1 is 1.14 bits per heavy atom. The first-order valence-corrected chi connectivity index (χ1v) is 13.8. The number of hydrogen-bond acceptors (Lipinski definition) is 8. The third-order valence-corrected chi connectivity index (χ3v) is 8.21. The van der Waals surface area contributed by atoms with Gasteiger partial charge in [0.15, 0.2) is 5.16 Å². The van der Waals surface area contributed by atoms with Crippen LogP contribution in [0.4, 0.5) is 5.00 Å². The Bertz CT molecular complexity index is 1340. The van der Waals surface area contributed by atoms with E-state index in [9.17, 15) is 9.59 Å². The maximum absolute atomic E-state index is 12.8. The number of amides is 1. The molecule has 0 aliphatic heterocycles. The molecule has 182 valence electrons. The minimum Gasteiger partial charge on any atom is -0.465 e. The first-order chi connectivity index (χ1) is 16.9. The number of anilines is 1. The zero-order valence-corrected chi connectivity index (χ0v) is 22.4. The van der Waals surface area contributed by atoms with Gasteiger partial charge in [-0.15, -0.1) is 32.9 Å². The molecule has 0 aliphatic carbocycles. The molecule has 0 spiro atoms. The van der Waals surface area contributed by atoms with E-state index in [4.69, 9.17) is 4.74 Å². The van der Waals surface area contributed by atoms with Crippen LogP contribution in [0, 0.1) is 13.8 Å². The highest BCUT2D eigenvalue weighted by Gasteiger charge is 2.23. The van der Waals surface area contributed by atoms with Crippen molar-refractivity contribution in [3.05, 3.63) is 68.5 Å². The number of esters is 1. The molecular formula is C25H26N4O3S3. The zero-order chi connectivity index (χ0) is 24.9. The number of methoxy groups -OCH3 is 1. The number of carbonyl (C=O) groups is 2. The molecule has 10 heteroatoms. The quantitative estimate of drug-likeness (QED) is 0.219. The molecule has 1 aromatic carbocycles. The zero-order valence-electron chi connectivity index (χ0n) is 20.0. The summed E-state index contributed by atoms with van der Waals surface area (Å²) in [6, 6.07) is 10.2. The Morgan fingerprint density at radius 3 is 2.69 bits per heavy atom. The number of thioether (sulfide) groups is 1. The van der Waals surface area contributed by atoms with Crippen molar-refractivity contribution >= 4 is 51.3 Å². The Hall–Kier alpha value is -2.95. The Labute approximate surface area is 216 Å². The average Bonchev–Trinajstić information content (AvgIpc) is 3.59. The second-order valence-corrected chi connectivity index (χ2v) is 10.8. The lowest BCUT2D eigenvalue weighted by atomic mass is 9.97. The van der Waals surface area contributed by atoms with Gasteiger partial charge in [-0.25, -0.2) is 4.79 Å². The fourth-order valence-corrected chi connectivity index (χ4v) is 6.20. The predicted octanol–water partition coefficient (Wildman–Crippen LogP) is 5.81. The Morgan fingerprint density at radius 2 is 1.97 bits per heavy atom. The van der Waals surface area contributed by atoms with E-state index >= 15 is 0 Å². The molecule has 4 aromatic rings. The first kappa shape index (κ1) is 25.2. The van der Waals surface area contributed by atoms with Crippen molar-refractivity contribution < 1.29 is 14.3 Å². The smallest absolute Gasteiger partial charge is 0.341 e. The molecule has 3 aromatic heterocycles. The van der Waals surface area contributed by atoms with Crippen molar-refractivity contribution in [1.82, 2.24) is 14.8 Å². The lowest BCUT2D eigenvalue weighted by Gasteiger charge is -2.10. The molecule has 7 nitrogen and oxygen atoms in total. The molecular weight excluding hydrogens is 501 g/mol. The summed E-state index contributed by atoms with van der Waals surface area (Å²) < 4.78 is 7.07. The third kappa shape index (κ3) is 5.66. The maximum atomic E-state index is 12.8. The second-order valence-electron chi connectivity index (χ2n) is 7.90. The second kappa shape index (κ2) is 11.2. The SMILES string of the molecule is CCn1c(Cc2cccs2)nnc1SCC(=O)Nc1scc(-c2cc(C)ccc2C)c1C(=O)OC. The maximum Gasteiger partial charge on any atom is 0.341 e. The van der Waals surface area contributed by atoms with Crippen LogP contribution in [0.1, 0.15) is 39.1 Å². The molecule has 0 saturated heterocycles. The van der Waals surface area contributed by atoms with Gasteiger partial charge in [0.1, 0.15) is 16.4 Å². The first-order valence-electron chi connectivity index (χ1n) is 11.1. The van der Waals surface area contributed by atoms with E-state index in [1.54, 1.807) is 11.3 Å². The summed E-state index contributed by atoms with van der Waals surface area (Å²) in [5, 5.41) is 16.6. The Balaban J connectivity index is 1.50. The molecule has 1 amide bonds. The summed E-state index contributed by atoms with van der Waals surface area (Å²) >= 11 is 4.33. The van der Waals surface area contributed by atoms with Crippen molar-refractivity contribution in [2.24, 2.45) is 0 Å². The van der Waals surface area contributed by atoms with Gasteiger partial charge in [0.2, 0.25) is 5.91 Å². The molecule has 0 saturated carbocycles. The van der Waals surface area contributed by atoms with Gasteiger partial charge in [-0.2, -0.15) is 0 Å². The third-order valence-electron chi connectivity index (χ3n) is 5.47. The average molecular weight is 527 g/mol. The van der Waals surface area contributed by atoms with E-state index in [-0.39, 0.29) is 11.7 Å². The lowest BCUT2D eigenvalue weighted by molar-refractivity contribution is -0.113. The normalized spacial score (nSPS) is 11.0. The number of aromatic nitrogens is 3. The molecule has 0 atom stereocenters. The summed E-state index contributed by atoms with van der Waals surface area (Å²) in [5.41, 5.74) is 4.22. The highest BCUT2D eigenvalue weighted by atomic mass is 32.2. The highest BCUT2D eigenvalue weighted by molar-refractivity contribution is 7.99. The summed E-state index contributed by atoms with van der Waals surface area (Å²) in [6.07, 6.45) is 0.712. The van der Waals surface area contributed by atoms with Crippen LogP contribution >= 0.6 is 34.4 Å². The summed E-state index contributed by atoms with van der Waals surface area (Å²) in [5.74, 6) is 0.324. The van der Waals surface area contributed by atoms with Crippen molar-refractivity contribution in [3.63, 3.8) is 0 Å². The van der Waals surface area contributed by atoms with E-state index in [1.807, 2.05) is 60.4 Å². The molecule has 1 N–H and O–H groups in total. The lowest BCUT2D eigenvalue weighted by Crippen LogP contribution is -2.16. The van der Waals surface area contributed by atoms with E-state index < -0.39 is 5.97 Å². The van der Waals surface area contributed by atoms with E-state index in [0.29, 0.717) is 28.7 Å². The molecule has 4 rings (SSSR count). The number of aryl methyl sites for hydroxylation is 2. The van der Waals surface area contributed by atoms with Gasteiger partial charge in [-0.3, -0.25) is 4.79 Å². The molecule has 0 fully saturated rings. The molecule has 0 aliphatic rings. The number of ether oxygens (including phenoxy) is 1. The van der Waals surface area contributed by atoms with Gasteiger partial charge in [0.05, 0.1) is 12.9 Å². The van der Waals surface area contributed by atoms with E-state index in [2.05, 4.69) is 21.6 Å². The van der Waals surface area contributed by atoms with Crippen LogP contribution in [0.3, 0.4) is 0 Å². The van der Waals surface area contributed by atoms with Gasteiger partial charge >= 0.3 is 5.97 Å². The Kier molecular flexibility index (Phi) is 8.04. The van der Waals surface area contributed by atoms with Crippen molar-refractivity contribution in [3.8, 4) is 11.1 Å². The number of carbonyl (C=O) groups excluding carboxylic acids is 2. The summed E-state index contributed by atoms with van der Waals surface area (Å²) in [6.45, 7) is 6.76. The van der Waals surface area contributed by atoms with Crippen LogP contribution in [-0.2, 0) is 22.5 Å². The van der Waals surface area contributed by atoms with Crippen LogP contribution in [0.15, 0.2) is 46.2 Å². The van der Waals surface area contributed by atoms with E-state index in [1.165, 1.54) is 35.1 Å². The minimum atomic E-state index is -0.478. The molecule has 3 heterocycles. The predicted molar refractivity (Wildman–Crippen MR) is 143 cm³/mol. The largest absolute Gasteiger partial charge is 0.465 e. The molecule has 0 radical (unpaired) electrons. The number of nitrogens with zero attached hydrogens (tertiary/aromatic N) is 3. The molecule has 35 heavy (non-hydrogen) atoms. The van der Waals surface area contributed by atoms with Crippen LogP contribution in [0.25, 0.3) is 11.1 Å². The van der Waals surface area contributed by atoms with Crippen LogP contribution < -0.4 is 5.32 Å². The summed E-state index contributed by atoms with van der Waals surface area (Å²) in [4.78, 5) is 26.7. The fourth-order valence-electron chi connectivity index (χ4n) is 3.71. The van der Waals surface area contributed by atoms with Crippen LogP contribution in [-0.4, -0.2) is 39.5 Å². The van der Waals surface area contributed by atoms with Gasteiger partial charge in [-0.05, 0) is 43.3 Å². The minimum absolute atomic E-state index is 0.147. The number of benzene rings is 1. The fraction of sp³-hybridized carbons (Fsp3) is 0.280. The van der Waals surface area contributed by atoms with E-state index in [0.717, 1.165) is 28.1 Å². The number of nitrogens with one attached hydrogen (secondary N) is 1. The van der Waals surface area contributed by atoms with Crippen molar-refractivity contribution in [1.29, 1.82) is 0 Å². The van der Waals surface area contributed by atoms with Gasteiger partial charge in [0, 0.05) is 28.8 Å². The number of hydrogen-bond donors (Lipinski definition) is 1. The monoisotopic (exact) mass is 526 g/mol. The van der Waals surface area contributed by atoms with Crippen molar-refractivity contribution in [2.75, 3.05) is 18.2 Å². The number of thiophene rings is 2. The van der Waals surface area contributed by atoms with Crippen LogP contribution in [0.5, 0.6) is 0 Å². The van der Waals surface area contributed by atoms with Gasteiger partial charge in [-0.1, -0.05) is 41.6 Å². The van der Waals surface area contributed by atoms with Crippen LogP contribution in [0.2, 0.25) is 0 Å². The standard InChI is InChI=1S/C25H26N4O3S3/c1-5-29-20(12-17-7-6-10-33-17)27-28-25(29)35-14-21(30)26-23-22(24(31)32-4)19(13-34-23)18-11-15(2)8-9-16(18)3/h6-11,13H,5,12,14H2,1-4H3,(H,26,30). The van der Waals surface area contributed by atoms with Gasteiger partial charge < -0.3 is 14.6 Å². The summed E-state index contributed by atoms with van der Waals surface area (Å²) in [7, 11) is 1.35. The molecule has 0 unspecified atom stereocenters. The number of rotatable bonds is 9. The van der Waals surface area contributed by atoms with Crippen molar-refractivity contribution in [2.45, 2.75) is 38.9 Å². The highest BCUT2D eigenvalue weighted by Crippen LogP contribution is 2.38. The molecule has 0 bridgehead atoms. The topological polar surface area (TPSA) is 86.1 Å². The van der Waals surface area contributed by atoms with Gasteiger partial charge in [0.25, 0.3) is 0 Å².